The lowest BCUT2D eigenvalue weighted by molar-refractivity contribution is -0.134. The van der Waals surface area contributed by atoms with Gasteiger partial charge in [-0.05, 0) is 43.5 Å². The van der Waals surface area contributed by atoms with Crippen LogP contribution in [0.15, 0.2) is 60.8 Å². The number of amides is 2. The Hall–Kier alpha value is -3.95. The summed E-state index contributed by atoms with van der Waals surface area (Å²) in [6, 6.07) is 17.6. The number of halogens is 1. The summed E-state index contributed by atoms with van der Waals surface area (Å²) < 4.78 is 24.5. The summed E-state index contributed by atoms with van der Waals surface area (Å²) in [6.07, 6.45) is 2.92. The van der Waals surface area contributed by atoms with Gasteiger partial charge in [0.2, 0.25) is 11.8 Å². The molecule has 3 aliphatic rings. The number of rotatable bonds is 5. The van der Waals surface area contributed by atoms with Gasteiger partial charge in [0.05, 0.1) is 22.8 Å². The number of benzene rings is 2. The van der Waals surface area contributed by atoms with Crippen LogP contribution in [0.1, 0.15) is 48.9 Å². The summed E-state index contributed by atoms with van der Waals surface area (Å²) in [6.45, 7) is 4.21. The lowest BCUT2D eigenvalue weighted by Gasteiger charge is -2.32. The Bertz CT molecular complexity index is 1670. The lowest BCUT2D eigenvalue weighted by Crippen LogP contribution is -2.44. The molecule has 3 saturated heterocycles. The van der Waals surface area contributed by atoms with Crippen LogP contribution >= 0.6 is 0 Å². The Balaban J connectivity index is 1.13. The lowest BCUT2D eigenvalue weighted by atomic mass is 9.80. The van der Waals surface area contributed by atoms with Gasteiger partial charge < -0.3 is 4.74 Å². The molecule has 3 fully saturated rings. The van der Waals surface area contributed by atoms with Gasteiger partial charge in [-0.25, -0.2) is 4.39 Å². The fourth-order valence-corrected chi connectivity index (χ4v) is 6.59. The van der Waals surface area contributed by atoms with Crippen LogP contribution in [0, 0.1) is 5.82 Å². The number of aryl methyl sites for hydroxylation is 1. The highest BCUT2D eigenvalue weighted by molar-refractivity contribution is 6.01. The Morgan fingerprint density at radius 1 is 1.15 bits per heavy atom. The van der Waals surface area contributed by atoms with E-state index in [2.05, 4.69) is 40.3 Å². The third-order valence-corrected chi connectivity index (χ3v) is 8.85. The van der Waals surface area contributed by atoms with Gasteiger partial charge in [0.25, 0.3) is 0 Å². The first-order chi connectivity index (χ1) is 19.3. The third kappa shape index (κ3) is 3.95. The van der Waals surface area contributed by atoms with Crippen LogP contribution < -0.4 is 5.32 Å². The largest absolute Gasteiger partial charge is 0.356 e. The first-order valence-corrected chi connectivity index (χ1v) is 13.7. The average Bonchev–Trinajstić information content (AvgIpc) is 3.42. The monoisotopic (exact) mass is 539 g/mol. The van der Waals surface area contributed by atoms with Crippen LogP contribution in [0.25, 0.3) is 22.2 Å². The molecule has 3 aliphatic heterocycles. The quantitative estimate of drug-likeness (QED) is 0.302. The molecule has 2 aromatic heterocycles. The van der Waals surface area contributed by atoms with Gasteiger partial charge in [-0.1, -0.05) is 36.4 Å². The van der Waals surface area contributed by atoms with Crippen molar-refractivity contribution in [3.8, 4) is 11.3 Å². The van der Waals surface area contributed by atoms with Crippen LogP contribution in [0.4, 0.5) is 4.39 Å². The van der Waals surface area contributed by atoms with Crippen LogP contribution in [-0.2, 0) is 33.5 Å². The zero-order valence-electron chi connectivity index (χ0n) is 22.5. The summed E-state index contributed by atoms with van der Waals surface area (Å²) >= 11 is 0. The second-order valence-corrected chi connectivity index (χ2v) is 11.4. The molecule has 5 heterocycles. The Labute approximate surface area is 231 Å². The summed E-state index contributed by atoms with van der Waals surface area (Å²) in [5, 5.41) is 7.45. The molecule has 0 bridgehead atoms. The summed E-state index contributed by atoms with van der Waals surface area (Å²) in [4.78, 5) is 30.8. The summed E-state index contributed by atoms with van der Waals surface area (Å²) in [7, 11) is 1.97. The van der Waals surface area contributed by atoms with Crippen LogP contribution in [0.3, 0.4) is 0 Å². The molecule has 3 atom stereocenters. The molecule has 8 nitrogen and oxygen atoms in total. The van der Waals surface area contributed by atoms with Crippen molar-refractivity contribution >= 4 is 22.7 Å². The van der Waals surface area contributed by atoms with E-state index in [4.69, 9.17) is 9.84 Å². The Morgan fingerprint density at radius 2 is 1.98 bits per heavy atom. The van der Waals surface area contributed by atoms with E-state index in [9.17, 15) is 9.59 Å². The van der Waals surface area contributed by atoms with Crippen molar-refractivity contribution in [1.29, 1.82) is 0 Å². The van der Waals surface area contributed by atoms with Gasteiger partial charge in [0.15, 0.2) is 0 Å². The van der Waals surface area contributed by atoms with E-state index in [1.54, 1.807) is 18.3 Å². The maximum atomic E-state index is 16.2. The van der Waals surface area contributed by atoms with Crippen molar-refractivity contribution in [1.82, 2.24) is 25.0 Å². The first kappa shape index (κ1) is 25.0. The van der Waals surface area contributed by atoms with E-state index in [-0.39, 0.29) is 24.1 Å². The molecule has 9 heteroatoms. The molecule has 40 heavy (non-hydrogen) atoms. The van der Waals surface area contributed by atoms with E-state index in [1.807, 2.05) is 36.0 Å². The fraction of sp³-hybridized carbons (Fsp3) is 0.355. The molecule has 2 amide bonds. The van der Waals surface area contributed by atoms with Crippen molar-refractivity contribution < 1.29 is 18.7 Å². The molecule has 4 aromatic rings. The molecule has 7 rings (SSSR count). The van der Waals surface area contributed by atoms with Crippen LogP contribution in [0.2, 0.25) is 0 Å². The summed E-state index contributed by atoms with van der Waals surface area (Å²) in [5.41, 5.74) is 3.60. The molecule has 3 unspecified atom stereocenters. The van der Waals surface area contributed by atoms with E-state index in [0.29, 0.717) is 41.4 Å². The third-order valence-electron chi connectivity index (χ3n) is 8.85. The number of nitrogens with one attached hydrogen (secondary N) is 1. The molecule has 2 aromatic carbocycles. The number of epoxide rings is 1. The molecule has 1 N–H and O–H groups in total. The minimum absolute atomic E-state index is 0.259. The zero-order valence-corrected chi connectivity index (χ0v) is 22.5. The van der Waals surface area contributed by atoms with Crippen molar-refractivity contribution in [2.24, 2.45) is 7.05 Å². The molecule has 204 valence electrons. The Kier molecular flexibility index (Phi) is 5.66. The summed E-state index contributed by atoms with van der Waals surface area (Å²) in [5.74, 6) is -1.51. The highest BCUT2D eigenvalue weighted by Crippen LogP contribution is 2.61. The molecule has 0 aliphatic carbocycles. The predicted octanol–water partition coefficient (Wildman–Crippen LogP) is 4.18. The molecule has 0 spiro atoms. The number of pyridine rings is 1. The number of ether oxygens (including phenoxy) is 1. The van der Waals surface area contributed by atoms with Crippen molar-refractivity contribution in [2.45, 2.75) is 49.9 Å². The normalized spacial score (nSPS) is 26.5. The highest BCUT2D eigenvalue weighted by atomic mass is 19.1. The molecule has 0 saturated carbocycles. The number of carbonyl (C=O) groups excluding carboxylic acids is 2. The minimum Gasteiger partial charge on any atom is -0.356 e. The number of likely N-dealkylation sites (tertiary alicyclic amines) is 1. The zero-order chi connectivity index (χ0) is 27.6. The minimum atomic E-state index is -0.700. The number of aromatic nitrogens is 3. The highest BCUT2D eigenvalue weighted by Gasteiger charge is 2.70. The number of hydrogen-bond donors (Lipinski definition) is 1. The van der Waals surface area contributed by atoms with E-state index < -0.39 is 17.1 Å². The van der Waals surface area contributed by atoms with Crippen molar-refractivity contribution in [3.63, 3.8) is 0 Å². The van der Waals surface area contributed by atoms with Gasteiger partial charge in [-0.3, -0.25) is 29.5 Å². The van der Waals surface area contributed by atoms with Gasteiger partial charge in [0, 0.05) is 55.8 Å². The fourth-order valence-electron chi connectivity index (χ4n) is 6.59. The van der Waals surface area contributed by atoms with Gasteiger partial charge in [-0.15, -0.1) is 0 Å². The first-order valence-electron chi connectivity index (χ1n) is 13.7. The number of imide groups is 1. The standard InChI is InChI=1S/C31H30FN5O3/c1-30-18-37(17-21-15-26(35-36(21)2)19-6-4-3-5-7-19)13-12-31(30,40-30)24-9-10-25-23(28(24)32)14-20(16-33-25)22-8-11-27(38)34-29(22)39/h3-7,9-10,14-16,22H,8,11-13,17-18H2,1-2H3,(H,34,38,39). The van der Waals surface area contributed by atoms with E-state index in [0.717, 1.165) is 30.0 Å². The average molecular weight is 540 g/mol. The second-order valence-electron chi connectivity index (χ2n) is 11.4. The maximum Gasteiger partial charge on any atom is 0.234 e. The van der Waals surface area contributed by atoms with E-state index in [1.165, 1.54) is 0 Å². The SMILES string of the molecule is Cn1nc(-c2ccccc2)cc1CN1CCC2(c3ccc4ncc(C5CCC(=O)NC5=O)cc4c3F)OC2(C)C1. The molecular formula is C31H30FN5O3. The van der Waals surface area contributed by atoms with E-state index >= 15 is 4.39 Å². The number of fused-ring (bicyclic) bond motifs is 2. The topological polar surface area (TPSA) is 92.7 Å². The van der Waals surface area contributed by atoms with Crippen LogP contribution in [-0.4, -0.2) is 50.2 Å². The van der Waals surface area contributed by atoms with Crippen molar-refractivity contribution in [3.05, 3.63) is 83.4 Å². The predicted molar refractivity (Wildman–Crippen MR) is 147 cm³/mol. The molecular weight excluding hydrogens is 509 g/mol. The number of carbonyl (C=O) groups is 2. The van der Waals surface area contributed by atoms with Crippen molar-refractivity contribution in [2.75, 3.05) is 13.1 Å². The number of piperidine rings is 2. The van der Waals surface area contributed by atoms with Gasteiger partial charge >= 0.3 is 0 Å². The number of hydrogen-bond acceptors (Lipinski definition) is 6. The second kappa shape index (κ2) is 9.04. The Morgan fingerprint density at radius 3 is 2.75 bits per heavy atom. The smallest absolute Gasteiger partial charge is 0.234 e. The number of nitrogens with zero attached hydrogens (tertiary/aromatic N) is 4. The van der Waals surface area contributed by atoms with Gasteiger partial charge in [0.1, 0.15) is 17.0 Å². The van der Waals surface area contributed by atoms with Gasteiger partial charge in [-0.2, -0.15) is 5.10 Å². The maximum absolute atomic E-state index is 16.2. The molecule has 0 radical (unpaired) electrons. The van der Waals surface area contributed by atoms with Crippen LogP contribution in [0.5, 0.6) is 0 Å².